The molecule has 0 bridgehead atoms. The Morgan fingerprint density at radius 1 is 1.05 bits per heavy atom. The molecule has 0 amide bonds. The van der Waals surface area contributed by atoms with Crippen molar-refractivity contribution in [2.75, 3.05) is 0 Å². The molecule has 4 nitrogen and oxygen atoms in total. The molecule has 1 N–H and O–H groups in total. The van der Waals surface area contributed by atoms with Crippen molar-refractivity contribution in [1.29, 1.82) is 0 Å². The molecular formula is C16H15N3O. The molecule has 0 atom stereocenters. The van der Waals surface area contributed by atoms with Gasteiger partial charge in [0, 0.05) is 24.4 Å². The summed E-state index contributed by atoms with van der Waals surface area (Å²) in [7, 11) is 1.92. The third-order valence-corrected chi connectivity index (χ3v) is 3.33. The average Bonchev–Trinajstić information content (AvgIpc) is 2.88. The van der Waals surface area contributed by atoms with Gasteiger partial charge in [-0.25, -0.2) is 4.98 Å². The summed E-state index contributed by atoms with van der Waals surface area (Å²) in [5.41, 5.74) is 4.65. The van der Waals surface area contributed by atoms with Crippen LogP contribution in [-0.2, 0) is 7.05 Å². The molecule has 0 unspecified atom stereocenters. The van der Waals surface area contributed by atoms with Gasteiger partial charge in [-0.1, -0.05) is 18.2 Å². The van der Waals surface area contributed by atoms with Gasteiger partial charge in [-0.05, 0) is 31.2 Å². The molecule has 0 radical (unpaired) electrons. The molecule has 2 aromatic heterocycles. The third kappa shape index (κ3) is 2.16. The fraction of sp³-hybridized carbons (Fsp3) is 0.125. The van der Waals surface area contributed by atoms with Gasteiger partial charge in [0.15, 0.2) is 0 Å². The van der Waals surface area contributed by atoms with Crippen molar-refractivity contribution in [2.24, 2.45) is 7.05 Å². The number of aromatic hydroxyl groups is 1. The highest BCUT2D eigenvalue weighted by atomic mass is 16.3. The first-order valence-electron chi connectivity index (χ1n) is 6.40. The Balaban J connectivity index is 2.07. The van der Waals surface area contributed by atoms with Crippen molar-refractivity contribution in [2.45, 2.75) is 6.92 Å². The molecule has 0 saturated heterocycles. The Hall–Kier alpha value is -2.62. The zero-order valence-electron chi connectivity index (χ0n) is 11.4. The normalized spacial score (nSPS) is 10.7. The molecule has 0 saturated carbocycles. The molecule has 3 aromatic rings. The highest BCUT2D eigenvalue weighted by Gasteiger charge is 2.06. The number of pyridine rings is 1. The van der Waals surface area contributed by atoms with Crippen molar-refractivity contribution >= 4 is 0 Å². The van der Waals surface area contributed by atoms with Crippen LogP contribution in [0.2, 0.25) is 0 Å². The molecular weight excluding hydrogens is 250 g/mol. The fourth-order valence-corrected chi connectivity index (χ4v) is 2.21. The summed E-state index contributed by atoms with van der Waals surface area (Å²) in [5, 5.41) is 13.7. The molecule has 0 fully saturated rings. The zero-order chi connectivity index (χ0) is 14.1. The molecule has 0 aliphatic carbocycles. The van der Waals surface area contributed by atoms with Crippen LogP contribution in [0, 0.1) is 6.92 Å². The minimum absolute atomic E-state index is 0.219. The summed E-state index contributed by atoms with van der Waals surface area (Å²) in [5.74, 6) is 0.219. The Labute approximate surface area is 117 Å². The van der Waals surface area contributed by atoms with E-state index in [0.29, 0.717) is 5.69 Å². The van der Waals surface area contributed by atoms with Crippen LogP contribution in [0.5, 0.6) is 5.75 Å². The smallest absolute Gasteiger partial charge is 0.136 e. The van der Waals surface area contributed by atoms with Crippen molar-refractivity contribution in [3.05, 3.63) is 54.4 Å². The standard InChI is InChI=1S/C16H15N3O/c1-11-16(20)7-6-14(18-11)12-4-3-5-13(10-12)15-8-9-17-19(15)2/h3-10,20H,1-2H3. The number of rotatable bonds is 2. The maximum absolute atomic E-state index is 9.56. The van der Waals surface area contributed by atoms with Gasteiger partial charge < -0.3 is 5.11 Å². The van der Waals surface area contributed by atoms with Gasteiger partial charge in [-0.3, -0.25) is 4.68 Å². The van der Waals surface area contributed by atoms with E-state index in [-0.39, 0.29) is 5.75 Å². The van der Waals surface area contributed by atoms with Crippen LogP contribution in [0.15, 0.2) is 48.7 Å². The molecule has 1 aromatic carbocycles. The first-order chi connectivity index (χ1) is 9.65. The minimum atomic E-state index is 0.219. The number of hydrogen-bond donors (Lipinski definition) is 1. The molecule has 20 heavy (non-hydrogen) atoms. The van der Waals surface area contributed by atoms with Gasteiger partial charge in [0.25, 0.3) is 0 Å². The van der Waals surface area contributed by atoms with E-state index in [4.69, 9.17) is 0 Å². The SMILES string of the molecule is Cc1nc(-c2cccc(-c3ccnn3C)c2)ccc1O. The summed E-state index contributed by atoms with van der Waals surface area (Å²) in [6, 6.07) is 13.6. The van der Waals surface area contributed by atoms with Crippen LogP contribution in [0.4, 0.5) is 0 Å². The lowest BCUT2D eigenvalue weighted by Gasteiger charge is -2.07. The quantitative estimate of drug-likeness (QED) is 0.774. The highest BCUT2D eigenvalue weighted by molar-refractivity contribution is 5.69. The van der Waals surface area contributed by atoms with Crippen molar-refractivity contribution in [1.82, 2.24) is 14.8 Å². The highest BCUT2D eigenvalue weighted by Crippen LogP contribution is 2.26. The van der Waals surface area contributed by atoms with Crippen LogP contribution >= 0.6 is 0 Å². The van der Waals surface area contributed by atoms with Crippen LogP contribution in [0.1, 0.15) is 5.69 Å². The molecule has 2 heterocycles. The van der Waals surface area contributed by atoms with Gasteiger partial charge in [0.05, 0.1) is 17.1 Å². The van der Waals surface area contributed by atoms with E-state index in [9.17, 15) is 5.11 Å². The Kier molecular flexibility index (Phi) is 2.99. The van der Waals surface area contributed by atoms with E-state index < -0.39 is 0 Å². The maximum atomic E-state index is 9.56. The fourth-order valence-electron chi connectivity index (χ4n) is 2.21. The molecule has 0 aliphatic heterocycles. The lowest BCUT2D eigenvalue weighted by molar-refractivity contribution is 0.468. The van der Waals surface area contributed by atoms with Crippen LogP contribution in [-0.4, -0.2) is 19.9 Å². The number of benzene rings is 1. The van der Waals surface area contributed by atoms with Gasteiger partial charge >= 0.3 is 0 Å². The number of nitrogens with zero attached hydrogens (tertiary/aromatic N) is 3. The Bertz CT molecular complexity index is 762. The third-order valence-electron chi connectivity index (χ3n) is 3.33. The second-order valence-corrected chi connectivity index (χ2v) is 4.72. The van der Waals surface area contributed by atoms with Gasteiger partial charge in [0.2, 0.25) is 0 Å². The van der Waals surface area contributed by atoms with E-state index in [1.807, 2.05) is 42.1 Å². The largest absolute Gasteiger partial charge is 0.506 e. The monoisotopic (exact) mass is 265 g/mol. The predicted octanol–water partition coefficient (Wildman–Crippen LogP) is 3.16. The number of aromatic nitrogens is 3. The summed E-state index contributed by atoms with van der Waals surface area (Å²) >= 11 is 0. The molecule has 0 spiro atoms. The summed E-state index contributed by atoms with van der Waals surface area (Å²) in [6.07, 6.45) is 1.78. The maximum Gasteiger partial charge on any atom is 0.136 e. The van der Waals surface area contributed by atoms with Crippen LogP contribution in [0.3, 0.4) is 0 Å². The molecule has 100 valence electrons. The van der Waals surface area contributed by atoms with Crippen molar-refractivity contribution < 1.29 is 5.11 Å². The van der Waals surface area contributed by atoms with Gasteiger partial charge in [-0.2, -0.15) is 5.10 Å². The zero-order valence-corrected chi connectivity index (χ0v) is 11.4. The Morgan fingerprint density at radius 3 is 2.55 bits per heavy atom. The summed E-state index contributed by atoms with van der Waals surface area (Å²) in [4.78, 5) is 4.42. The van der Waals surface area contributed by atoms with E-state index in [2.05, 4.69) is 16.1 Å². The van der Waals surface area contributed by atoms with Crippen LogP contribution < -0.4 is 0 Å². The Morgan fingerprint density at radius 2 is 1.85 bits per heavy atom. The second kappa shape index (κ2) is 4.81. The van der Waals surface area contributed by atoms with E-state index in [0.717, 1.165) is 22.5 Å². The lowest BCUT2D eigenvalue weighted by atomic mass is 10.1. The average molecular weight is 265 g/mol. The van der Waals surface area contributed by atoms with Gasteiger partial charge in [0.1, 0.15) is 5.75 Å². The summed E-state index contributed by atoms with van der Waals surface area (Å²) < 4.78 is 1.84. The predicted molar refractivity (Wildman–Crippen MR) is 78.3 cm³/mol. The van der Waals surface area contributed by atoms with Crippen molar-refractivity contribution in [3.8, 4) is 28.3 Å². The number of aryl methyl sites for hydroxylation is 2. The second-order valence-electron chi connectivity index (χ2n) is 4.72. The first-order valence-corrected chi connectivity index (χ1v) is 6.40. The number of hydrogen-bond acceptors (Lipinski definition) is 3. The van der Waals surface area contributed by atoms with Crippen LogP contribution in [0.25, 0.3) is 22.5 Å². The lowest BCUT2D eigenvalue weighted by Crippen LogP contribution is -1.94. The minimum Gasteiger partial charge on any atom is -0.506 e. The van der Waals surface area contributed by atoms with E-state index >= 15 is 0 Å². The van der Waals surface area contributed by atoms with E-state index in [1.54, 1.807) is 19.2 Å². The van der Waals surface area contributed by atoms with E-state index in [1.165, 1.54) is 0 Å². The van der Waals surface area contributed by atoms with Gasteiger partial charge in [-0.15, -0.1) is 0 Å². The molecule has 4 heteroatoms. The molecule has 3 rings (SSSR count). The van der Waals surface area contributed by atoms with Crippen molar-refractivity contribution in [3.63, 3.8) is 0 Å². The summed E-state index contributed by atoms with van der Waals surface area (Å²) in [6.45, 7) is 1.80. The molecule has 0 aliphatic rings. The first kappa shape index (κ1) is 12.4. The topological polar surface area (TPSA) is 50.9 Å².